The second-order valence-electron chi connectivity index (χ2n) is 8.58. The van der Waals surface area contributed by atoms with E-state index in [1.165, 1.54) is 43.4 Å². The average Bonchev–Trinajstić information content (AvgIpc) is 3.37. The van der Waals surface area contributed by atoms with Gasteiger partial charge in [-0.15, -0.1) is 0 Å². The molecule has 0 bridgehead atoms. The zero-order chi connectivity index (χ0) is 20.2. The van der Waals surface area contributed by atoms with Gasteiger partial charge in [-0.05, 0) is 61.4 Å². The Morgan fingerprint density at radius 1 is 1.17 bits per heavy atom. The number of fused-ring (bicyclic) bond motifs is 1. The van der Waals surface area contributed by atoms with Gasteiger partial charge in [0.2, 0.25) is 0 Å². The van der Waals surface area contributed by atoms with Gasteiger partial charge in [-0.1, -0.05) is 24.3 Å². The summed E-state index contributed by atoms with van der Waals surface area (Å²) in [6.07, 6.45) is 6.67. The molecule has 0 saturated carbocycles. The number of hydrogen-bond acceptors (Lipinski definition) is 3. The molecule has 1 saturated heterocycles. The van der Waals surface area contributed by atoms with E-state index in [9.17, 15) is 4.79 Å². The van der Waals surface area contributed by atoms with Crippen LogP contribution in [0.25, 0.3) is 0 Å². The second-order valence-corrected chi connectivity index (χ2v) is 8.58. The lowest BCUT2D eigenvalue weighted by Gasteiger charge is -2.38. The van der Waals surface area contributed by atoms with E-state index in [-0.39, 0.29) is 5.91 Å². The highest BCUT2D eigenvalue weighted by Crippen LogP contribution is 2.29. The number of ether oxygens (including phenoxy) is 1. The van der Waals surface area contributed by atoms with Crippen molar-refractivity contribution in [3.8, 4) is 0 Å². The van der Waals surface area contributed by atoms with E-state index in [1.807, 2.05) is 34.8 Å². The summed E-state index contributed by atoms with van der Waals surface area (Å²) >= 11 is 0. The molecule has 0 N–H and O–H groups in total. The van der Waals surface area contributed by atoms with Crippen LogP contribution < -0.4 is 0 Å². The number of piperidine rings is 1. The Morgan fingerprint density at radius 2 is 1.93 bits per heavy atom. The SMILES string of the molecule is COCCN(C[C@@H]1CCCN(C2Cc3ccccc3C2)C1)C(=O)c1cccn1C. The standard InChI is InChI=1S/C24H33N3O2/c1-25-11-6-10-23(25)24(28)27(13-14-29-2)18-19-7-5-12-26(17-19)22-15-20-8-3-4-9-21(20)16-22/h3-4,6,8-11,19,22H,5,7,12-18H2,1-2H3/t19-/m1/s1. The first kappa shape index (κ1) is 20.2. The largest absolute Gasteiger partial charge is 0.383 e. The van der Waals surface area contributed by atoms with Crippen molar-refractivity contribution >= 4 is 5.91 Å². The first-order valence-electron chi connectivity index (χ1n) is 10.9. The molecule has 1 aromatic heterocycles. The minimum atomic E-state index is 0.111. The Balaban J connectivity index is 1.40. The number of methoxy groups -OCH3 is 1. The van der Waals surface area contributed by atoms with E-state index in [0.717, 1.165) is 18.8 Å². The summed E-state index contributed by atoms with van der Waals surface area (Å²) in [6, 6.07) is 13.3. The molecule has 2 aliphatic rings. The Kier molecular flexibility index (Phi) is 6.36. The van der Waals surface area contributed by atoms with Gasteiger partial charge in [-0.3, -0.25) is 9.69 Å². The summed E-state index contributed by atoms with van der Waals surface area (Å²) in [5.41, 5.74) is 3.78. The fourth-order valence-corrected chi connectivity index (χ4v) is 5.01. The normalized spacial score (nSPS) is 20.0. The molecule has 0 unspecified atom stereocenters. The van der Waals surface area contributed by atoms with E-state index in [1.54, 1.807) is 7.11 Å². The summed E-state index contributed by atoms with van der Waals surface area (Å²) in [7, 11) is 3.63. The molecule has 29 heavy (non-hydrogen) atoms. The van der Waals surface area contributed by atoms with Crippen LogP contribution in [0.15, 0.2) is 42.6 Å². The predicted molar refractivity (Wildman–Crippen MR) is 115 cm³/mol. The van der Waals surface area contributed by atoms with Crippen LogP contribution in [0, 0.1) is 5.92 Å². The van der Waals surface area contributed by atoms with Crippen molar-refractivity contribution in [1.82, 2.24) is 14.4 Å². The van der Waals surface area contributed by atoms with Crippen molar-refractivity contribution in [3.05, 3.63) is 59.4 Å². The van der Waals surface area contributed by atoms with E-state index in [4.69, 9.17) is 4.74 Å². The molecule has 156 valence electrons. The Morgan fingerprint density at radius 3 is 2.59 bits per heavy atom. The van der Waals surface area contributed by atoms with E-state index < -0.39 is 0 Å². The van der Waals surface area contributed by atoms with Crippen LogP contribution >= 0.6 is 0 Å². The van der Waals surface area contributed by atoms with Gasteiger partial charge in [0.15, 0.2) is 0 Å². The molecular formula is C24H33N3O2. The Labute approximate surface area is 174 Å². The maximum atomic E-state index is 13.1. The summed E-state index contributed by atoms with van der Waals surface area (Å²) in [4.78, 5) is 17.8. The van der Waals surface area contributed by atoms with Crippen LogP contribution in [0.3, 0.4) is 0 Å². The molecule has 5 heteroatoms. The summed E-state index contributed by atoms with van der Waals surface area (Å²) in [6.45, 7) is 4.29. The highest BCUT2D eigenvalue weighted by Gasteiger charge is 2.32. The number of carbonyl (C=O) groups is 1. The molecule has 2 aromatic rings. The van der Waals surface area contributed by atoms with Crippen LogP contribution in [-0.4, -0.2) is 66.2 Å². The van der Waals surface area contributed by atoms with Crippen molar-refractivity contribution in [2.75, 3.05) is 39.9 Å². The highest BCUT2D eigenvalue weighted by atomic mass is 16.5. The zero-order valence-electron chi connectivity index (χ0n) is 17.7. The lowest BCUT2D eigenvalue weighted by Crippen LogP contribution is -2.47. The van der Waals surface area contributed by atoms with E-state index >= 15 is 0 Å². The fraction of sp³-hybridized carbons (Fsp3) is 0.542. The van der Waals surface area contributed by atoms with Gasteiger partial charge in [0.05, 0.1) is 6.61 Å². The number of aromatic nitrogens is 1. The Bertz CT molecular complexity index is 806. The predicted octanol–water partition coefficient (Wildman–Crippen LogP) is 2.99. The molecule has 4 rings (SSSR count). The van der Waals surface area contributed by atoms with Crippen LogP contribution in [-0.2, 0) is 24.6 Å². The first-order valence-corrected chi connectivity index (χ1v) is 10.9. The first-order chi connectivity index (χ1) is 14.2. The van der Waals surface area contributed by atoms with Gasteiger partial charge in [-0.25, -0.2) is 0 Å². The molecule has 1 aromatic carbocycles. The molecule has 5 nitrogen and oxygen atoms in total. The minimum Gasteiger partial charge on any atom is -0.383 e. The fourth-order valence-electron chi connectivity index (χ4n) is 5.01. The quantitative estimate of drug-likeness (QED) is 0.723. The molecule has 2 heterocycles. The third-order valence-corrected chi connectivity index (χ3v) is 6.59. The summed E-state index contributed by atoms with van der Waals surface area (Å²) in [5, 5.41) is 0. The van der Waals surface area contributed by atoms with Gasteiger partial charge < -0.3 is 14.2 Å². The maximum absolute atomic E-state index is 13.1. The smallest absolute Gasteiger partial charge is 0.270 e. The number of amides is 1. The molecule has 0 radical (unpaired) electrons. The third-order valence-electron chi connectivity index (χ3n) is 6.59. The van der Waals surface area contributed by atoms with Crippen LogP contribution in [0.2, 0.25) is 0 Å². The number of aryl methyl sites for hydroxylation is 1. The van der Waals surface area contributed by atoms with Gasteiger partial charge in [0.1, 0.15) is 5.69 Å². The molecule has 0 spiro atoms. The number of rotatable bonds is 7. The molecule has 1 aliphatic carbocycles. The highest BCUT2D eigenvalue weighted by molar-refractivity contribution is 5.92. The maximum Gasteiger partial charge on any atom is 0.270 e. The Hall–Kier alpha value is -2.11. The summed E-state index contributed by atoms with van der Waals surface area (Å²) in [5.74, 6) is 0.633. The molecule has 1 amide bonds. The molecule has 1 aliphatic heterocycles. The van der Waals surface area contributed by atoms with Gasteiger partial charge in [0.25, 0.3) is 5.91 Å². The summed E-state index contributed by atoms with van der Waals surface area (Å²) < 4.78 is 7.19. The number of nitrogens with zero attached hydrogens (tertiary/aromatic N) is 3. The number of likely N-dealkylation sites (tertiary alicyclic amines) is 1. The number of carbonyl (C=O) groups excluding carboxylic acids is 1. The third kappa shape index (κ3) is 4.57. The molecular weight excluding hydrogens is 362 g/mol. The van der Waals surface area contributed by atoms with E-state index in [2.05, 4.69) is 29.2 Å². The molecule has 1 fully saturated rings. The van der Waals surface area contributed by atoms with Crippen LogP contribution in [0.4, 0.5) is 0 Å². The lowest BCUT2D eigenvalue weighted by molar-refractivity contribution is 0.0565. The topological polar surface area (TPSA) is 37.7 Å². The second kappa shape index (κ2) is 9.14. The van der Waals surface area contributed by atoms with Crippen molar-refractivity contribution in [3.63, 3.8) is 0 Å². The van der Waals surface area contributed by atoms with Crippen molar-refractivity contribution < 1.29 is 9.53 Å². The van der Waals surface area contributed by atoms with Crippen molar-refractivity contribution in [1.29, 1.82) is 0 Å². The average molecular weight is 396 g/mol. The number of benzene rings is 1. The van der Waals surface area contributed by atoms with Gasteiger partial charge >= 0.3 is 0 Å². The van der Waals surface area contributed by atoms with Crippen molar-refractivity contribution in [2.45, 2.75) is 31.7 Å². The van der Waals surface area contributed by atoms with Crippen LogP contribution in [0.1, 0.15) is 34.5 Å². The zero-order valence-corrected chi connectivity index (χ0v) is 17.7. The van der Waals surface area contributed by atoms with E-state index in [0.29, 0.717) is 25.1 Å². The monoisotopic (exact) mass is 395 g/mol. The molecule has 1 atom stereocenters. The van der Waals surface area contributed by atoms with Gasteiger partial charge in [0, 0.05) is 46.0 Å². The minimum absolute atomic E-state index is 0.111. The lowest BCUT2D eigenvalue weighted by atomic mass is 9.95. The van der Waals surface area contributed by atoms with Gasteiger partial charge in [-0.2, -0.15) is 0 Å². The number of hydrogen-bond donors (Lipinski definition) is 0. The van der Waals surface area contributed by atoms with Crippen LogP contribution in [0.5, 0.6) is 0 Å². The van der Waals surface area contributed by atoms with Crippen molar-refractivity contribution in [2.24, 2.45) is 13.0 Å².